The van der Waals surface area contributed by atoms with Crippen molar-refractivity contribution in [1.29, 1.82) is 0 Å². The molecule has 0 saturated carbocycles. The van der Waals surface area contributed by atoms with Gasteiger partial charge < -0.3 is 5.32 Å². The molecule has 0 aliphatic heterocycles. The number of thiophene rings is 1. The van der Waals surface area contributed by atoms with E-state index in [2.05, 4.69) is 17.2 Å². The van der Waals surface area contributed by atoms with Crippen LogP contribution in [-0.4, -0.2) is 10.9 Å². The Labute approximate surface area is 137 Å². The van der Waals surface area contributed by atoms with Crippen LogP contribution in [0, 0.1) is 0 Å². The highest BCUT2D eigenvalue weighted by Crippen LogP contribution is 2.28. The average Bonchev–Trinajstić information content (AvgIpc) is 3.18. The van der Waals surface area contributed by atoms with E-state index in [-0.39, 0.29) is 5.91 Å². The van der Waals surface area contributed by atoms with E-state index < -0.39 is 0 Å². The number of aromatic nitrogens is 1. The summed E-state index contributed by atoms with van der Waals surface area (Å²) in [6.45, 7) is 2.08. The minimum atomic E-state index is -0.0241. The Morgan fingerprint density at radius 1 is 1.18 bits per heavy atom. The Hall–Kier alpha value is -1.98. The Morgan fingerprint density at radius 3 is 2.82 bits per heavy atom. The molecule has 3 nitrogen and oxygen atoms in total. The molecule has 3 rings (SSSR count). The molecule has 3 aromatic rings. The molecule has 0 atom stereocenters. The quantitative estimate of drug-likeness (QED) is 0.743. The van der Waals surface area contributed by atoms with Crippen LogP contribution in [-0.2, 0) is 17.6 Å². The third-order valence-corrected chi connectivity index (χ3v) is 5.23. The lowest BCUT2D eigenvalue weighted by Crippen LogP contribution is -2.15. The van der Waals surface area contributed by atoms with Crippen molar-refractivity contribution in [3.05, 3.63) is 58.4 Å². The van der Waals surface area contributed by atoms with E-state index in [9.17, 15) is 4.79 Å². The van der Waals surface area contributed by atoms with Crippen molar-refractivity contribution in [1.82, 2.24) is 4.98 Å². The van der Waals surface area contributed by atoms with Crippen LogP contribution < -0.4 is 5.32 Å². The van der Waals surface area contributed by atoms with Gasteiger partial charge >= 0.3 is 0 Å². The normalized spacial score (nSPS) is 10.6. The molecule has 2 heterocycles. The maximum Gasteiger partial charge on any atom is 0.230 e. The smallest absolute Gasteiger partial charge is 0.230 e. The molecule has 0 bridgehead atoms. The predicted octanol–water partition coefficient (Wildman–Crippen LogP) is 4.62. The van der Waals surface area contributed by atoms with Crippen LogP contribution in [0.5, 0.6) is 0 Å². The van der Waals surface area contributed by atoms with E-state index in [4.69, 9.17) is 0 Å². The lowest BCUT2D eigenvalue weighted by molar-refractivity contribution is -0.115. The molecule has 0 aliphatic rings. The topological polar surface area (TPSA) is 42.0 Å². The van der Waals surface area contributed by atoms with E-state index in [0.717, 1.165) is 33.3 Å². The number of carbonyl (C=O) groups is 1. The first-order valence-corrected chi connectivity index (χ1v) is 8.88. The van der Waals surface area contributed by atoms with Crippen molar-refractivity contribution in [3.8, 4) is 9.88 Å². The van der Waals surface area contributed by atoms with Crippen molar-refractivity contribution in [2.75, 3.05) is 5.32 Å². The van der Waals surface area contributed by atoms with Gasteiger partial charge in [0.2, 0.25) is 5.91 Å². The number of nitrogens with one attached hydrogen (secondary N) is 1. The third kappa shape index (κ3) is 3.43. The van der Waals surface area contributed by atoms with Gasteiger partial charge in [-0.25, -0.2) is 4.98 Å². The van der Waals surface area contributed by atoms with E-state index >= 15 is 0 Å². The number of hydrogen-bond acceptors (Lipinski definition) is 4. The highest BCUT2D eigenvalue weighted by Gasteiger charge is 2.11. The van der Waals surface area contributed by atoms with Gasteiger partial charge in [-0.3, -0.25) is 4.79 Å². The number of thiazole rings is 1. The minimum absolute atomic E-state index is 0.0241. The number of nitrogens with zero attached hydrogens (tertiary/aromatic N) is 1. The molecular formula is C17H16N2OS2. The van der Waals surface area contributed by atoms with Crippen molar-refractivity contribution < 1.29 is 4.79 Å². The van der Waals surface area contributed by atoms with Crippen LogP contribution in [0.1, 0.15) is 18.2 Å². The fraction of sp³-hybridized carbons (Fsp3) is 0.176. The zero-order valence-corrected chi connectivity index (χ0v) is 13.8. The Balaban J connectivity index is 1.67. The second-order valence-electron chi connectivity index (χ2n) is 4.86. The lowest BCUT2D eigenvalue weighted by atomic mass is 10.1. The maximum atomic E-state index is 12.2. The second kappa shape index (κ2) is 6.85. The molecule has 0 saturated heterocycles. The summed E-state index contributed by atoms with van der Waals surface area (Å²) in [6.07, 6.45) is 1.20. The van der Waals surface area contributed by atoms with Gasteiger partial charge in [0.25, 0.3) is 0 Å². The number of para-hydroxylation sites is 1. The first-order chi connectivity index (χ1) is 10.8. The Morgan fingerprint density at radius 2 is 2.05 bits per heavy atom. The number of hydrogen-bond donors (Lipinski definition) is 1. The summed E-state index contributed by atoms with van der Waals surface area (Å²) < 4.78 is 0. The molecule has 0 aliphatic carbocycles. The molecule has 0 fully saturated rings. The average molecular weight is 328 g/mol. The number of benzene rings is 1. The number of amides is 1. The zero-order chi connectivity index (χ0) is 15.4. The van der Waals surface area contributed by atoms with E-state index in [1.165, 1.54) is 0 Å². The molecular weight excluding hydrogens is 312 g/mol. The molecule has 22 heavy (non-hydrogen) atoms. The Kier molecular flexibility index (Phi) is 4.65. The summed E-state index contributed by atoms with van der Waals surface area (Å²) in [6, 6.07) is 12.0. The summed E-state index contributed by atoms with van der Waals surface area (Å²) in [5.74, 6) is -0.0241. The molecule has 5 heteroatoms. The standard InChI is InChI=1S/C17H16N2OS2/c1-2-12-6-3-4-7-14(12)19-16(20)10-13-11-22-17(18-13)15-8-5-9-21-15/h3-9,11H,2,10H2,1H3,(H,19,20). The van der Waals surface area contributed by atoms with Gasteiger partial charge in [0.15, 0.2) is 0 Å². The first kappa shape index (κ1) is 14.9. The fourth-order valence-corrected chi connectivity index (χ4v) is 3.84. The van der Waals surface area contributed by atoms with Crippen LogP contribution in [0.2, 0.25) is 0 Å². The van der Waals surface area contributed by atoms with Gasteiger partial charge in [-0.15, -0.1) is 22.7 Å². The zero-order valence-electron chi connectivity index (χ0n) is 12.2. The van der Waals surface area contributed by atoms with E-state index in [0.29, 0.717) is 6.42 Å². The summed E-state index contributed by atoms with van der Waals surface area (Å²) in [4.78, 5) is 17.9. The third-order valence-electron chi connectivity index (χ3n) is 3.30. The van der Waals surface area contributed by atoms with Gasteiger partial charge in [-0.05, 0) is 29.5 Å². The molecule has 0 radical (unpaired) electrons. The molecule has 1 N–H and O–H groups in total. The highest BCUT2D eigenvalue weighted by molar-refractivity contribution is 7.20. The predicted molar refractivity (Wildman–Crippen MR) is 93.6 cm³/mol. The van der Waals surface area contributed by atoms with Crippen LogP contribution in [0.25, 0.3) is 9.88 Å². The fourth-order valence-electron chi connectivity index (χ4n) is 2.21. The van der Waals surface area contributed by atoms with Gasteiger partial charge in [0.05, 0.1) is 17.0 Å². The van der Waals surface area contributed by atoms with Crippen molar-refractivity contribution in [2.45, 2.75) is 19.8 Å². The van der Waals surface area contributed by atoms with Gasteiger partial charge in [-0.2, -0.15) is 0 Å². The molecule has 1 aromatic carbocycles. The number of aryl methyl sites for hydroxylation is 1. The SMILES string of the molecule is CCc1ccccc1NC(=O)Cc1csc(-c2cccs2)n1. The lowest BCUT2D eigenvalue weighted by Gasteiger charge is -2.08. The van der Waals surface area contributed by atoms with Crippen molar-refractivity contribution >= 4 is 34.3 Å². The molecule has 0 unspecified atom stereocenters. The molecule has 2 aromatic heterocycles. The number of anilines is 1. The van der Waals surface area contributed by atoms with Crippen LogP contribution >= 0.6 is 22.7 Å². The summed E-state index contributed by atoms with van der Waals surface area (Å²) in [5, 5.41) is 7.95. The van der Waals surface area contributed by atoms with Crippen LogP contribution in [0.4, 0.5) is 5.69 Å². The second-order valence-corrected chi connectivity index (χ2v) is 6.66. The van der Waals surface area contributed by atoms with Crippen molar-refractivity contribution in [3.63, 3.8) is 0 Å². The van der Waals surface area contributed by atoms with E-state index in [1.807, 2.05) is 47.2 Å². The highest BCUT2D eigenvalue weighted by atomic mass is 32.1. The summed E-state index contributed by atoms with van der Waals surface area (Å²) in [5.41, 5.74) is 2.86. The molecule has 112 valence electrons. The summed E-state index contributed by atoms with van der Waals surface area (Å²) >= 11 is 3.25. The van der Waals surface area contributed by atoms with Gasteiger partial charge in [0.1, 0.15) is 5.01 Å². The number of carbonyl (C=O) groups excluding carboxylic acids is 1. The van der Waals surface area contributed by atoms with Crippen LogP contribution in [0.15, 0.2) is 47.2 Å². The van der Waals surface area contributed by atoms with Gasteiger partial charge in [0, 0.05) is 11.1 Å². The van der Waals surface area contributed by atoms with Crippen molar-refractivity contribution in [2.24, 2.45) is 0 Å². The molecule has 1 amide bonds. The first-order valence-electron chi connectivity index (χ1n) is 7.12. The monoisotopic (exact) mass is 328 g/mol. The Bertz CT molecular complexity index is 763. The van der Waals surface area contributed by atoms with Gasteiger partial charge in [-0.1, -0.05) is 31.2 Å². The maximum absolute atomic E-state index is 12.2. The number of rotatable bonds is 5. The van der Waals surface area contributed by atoms with Crippen LogP contribution in [0.3, 0.4) is 0 Å². The largest absolute Gasteiger partial charge is 0.325 e. The minimum Gasteiger partial charge on any atom is -0.325 e. The molecule has 0 spiro atoms. The van der Waals surface area contributed by atoms with E-state index in [1.54, 1.807) is 22.7 Å². The summed E-state index contributed by atoms with van der Waals surface area (Å²) in [7, 11) is 0.